The molecule has 0 fully saturated rings. The fourth-order valence-corrected chi connectivity index (χ4v) is 0.678. The van der Waals surface area contributed by atoms with Crippen molar-refractivity contribution in [2.45, 2.75) is 19.9 Å². The fraction of sp³-hybridized carbons (Fsp3) is 0.600. The molecule has 0 amide bonds. The average molecular weight is 162 g/mol. The number of halogens is 2. The van der Waals surface area contributed by atoms with E-state index in [1.165, 1.54) is 0 Å². The van der Waals surface area contributed by atoms with Gasteiger partial charge in [-0.2, -0.15) is 0 Å². The van der Waals surface area contributed by atoms with Gasteiger partial charge in [0.25, 0.3) is 6.43 Å². The number of anilines is 1. The maximum atomic E-state index is 11.8. The molecule has 4 nitrogen and oxygen atoms in total. The quantitative estimate of drug-likeness (QED) is 0.686. The SMILES string of the molecule is Cc1c(N)nnn1CC(F)F. The number of rotatable bonds is 2. The average Bonchev–Trinajstić information content (AvgIpc) is 2.18. The molecule has 0 saturated carbocycles. The zero-order valence-electron chi connectivity index (χ0n) is 5.96. The van der Waals surface area contributed by atoms with Crippen molar-refractivity contribution >= 4 is 5.82 Å². The highest BCUT2D eigenvalue weighted by atomic mass is 19.3. The van der Waals surface area contributed by atoms with Gasteiger partial charge in [-0.25, -0.2) is 13.5 Å². The third kappa shape index (κ3) is 1.63. The summed E-state index contributed by atoms with van der Waals surface area (Å²) in [7, 11) is 0. The molecule has 0 aliphatic rings. The molecule has 11 heavy (non-hydrogen) atoms. The van der Waals surface area contributed by atoms with E-state index in [-0.39, 0.29) is 5.82 Å². The number of hydrogen-bond donors (Lipinski definition) is 1. The molecule has 0 aromatic carbocycles. The van der Waals surface area contributed by atoms with E-state index >= 15 is 0 Å². The molecule has 0 unspecified atom stereocenters. The molecule has 1 aromatic heterocycles. The minimum Gasteiger partial charge on any atom is -0.381 e. The molecule has 0 spiro atoms. The van der Waals surface area contributed by atoms with Crippen molar-refractivity contribution < 1.29 is 8.78 Å². The fourth-order valence-electron chi connectivity index (χ4n) is 0.678. The zero-order valence-corrected chi connectivity index (χ0v) is 5.96. The van der Waals surface area contributed by atoms with Crippen molar-refractivity contribution in [3.63, 3.8) is 0 Å². The summed E-state index contributed by atoms with van der Waals surface area (Å²) >= 11 is 0. The van der Waals surface area contributed by atoms with Crippen molar-refractivity contribution in [3.05, 3.63) is 5.69 Å². The van der Waals surface area contributed by atoms with Gasteiger partial charge in [-0.1, -0.05) is 5.21 Å². The van der Waals surface area contributed by atoms with Crippen LogP contribution >= 0.6 is 0 Å². The second-order valence-corrected chi connectivity index (χ2v) is 2.13. The molecule has 0 atom stereocenters. The van der Waals surface area contributed by atoms with E-state index in [2.05, 4.69) is 10.3 Å². The van der Waals surface area contributed by atoms with Crippen LogP contribution in [-0.2, 0) is 6.54 Å². The molecule has 1 heterocycles. The van der Waals surface area contributed by atoms with E-state index in [0.29, 0.717) is 5.69 Å². The van der Waals surface area contributed by atoms with E-state index < -0.39 is 13.0 Å². The first-order chi connectivity index (χ1) is 5.11. The van der Waals surface area contributed by atoms with Gasteiger partial charge in [0.05, 0.1) is 5.69 Å². The number of alkyl halides is 2. The van der Waals surface area contributed by atoms with E-state index in [0.717, 1.165) is 4.68 Å². The van der Waals surface area contributed by atoms with E-state index in [1.54, 1.807) is 6.92 Å². The van der Waals surface area contributed by atoms with Crippen LogP contribution in [0.5, 0.6) is 0 Å². The predicted octanol–water partition coefficient (Wildman–Crippen LogP) is 0.434. The van der Waals surface area contributed by atoms with Crippen LogP contribution in [0, 0.1) is 6.92 Å². The Bertz CT molecular complexity index is 245. The van der Waals surface area contributed by atoms with Crippen LogP contribution < -0.4 is 5.73 Å². The molecule has 1 aromatic rings. The third-order valence-electron chi connectivity index (χ3n) is 1.33. The topological polar surface area (TPSA) is 56.7 Å². The maximum Gasteiger partial charge on any atom is 0.257 e. The number of nitrogens with zero attached hydrogens (tertiary/aromatic N) is 3. The Morgan fingerprint density at radius 2 is 2.27 bits per heavy atom. The van der Waals surface area contributed by atoms with Crippen molar-refractivity contribution in [2.75, 3.05) is 5.73 Å². The minimum absolute atomic E-state index is 0.200. The number of hydrogen-bond acceptors (Lipinski definition) is 3. The van der Waals surface area contributed by atoms with Gasteiger partial charge < -0.3 is 5.73 Å². The monoisotopic (exact) mass is 162 g/mol. The number of nitrogens with two attached hydrogens (primary N) is 1. The number of nitrogen functional groups attached to an aromatic ring is 1. The second-order valence-electron chi connectivity index (χ2n) is 2.13. The van der Waals surface area contributed by atoms with Crippen LogP contribution in [0.15, 0.2) is 0 Å². The molecular weight excluding hydrogens is 154 g/mol. The zero-order chi connectivity index (χ0) is 8.43. The summed E-state index contributed by atoms with van der Waals surface area (Å²) in [6.07, 6.45) is -2.42. The molecule has 0 radical (unpaired) electrons. The standard InChI is InChI=1S/C5H8F2N4/c1-3-5(8)9-10-11(3)2-4(6)7/h4H,2,8H2,1H3. The molecule has 0 bridgehead atoms. The van der Waals surface area contributed by atoms with Crippen LogP contribution in [-0.4, -0.2) is 21.4 Å². The Morgan fingerprint density at radius 1 is 1.64 bits per heavy atom. The van der Waals surface area contributed by atoms with Crippen LogP contribution in [0.3, 0.4) is 0 Å². The summed E-state index contributed by atoms with van der Waals surface area (Å²) in [5.41, 5.74) is 5.75. The Morgan fingerprint density at radius 3 is 2.64 bits per heavy atom. The van der Waals surface area contributed by atoms with Crippen molar-refractivity contribution in [3.8, 4) is 0 Å². The van der Waals surface area contributed by atoms with Crippen LogP contribution in [0.1, 0.15) is 5.69 Å². The van der Waals surface area contributed by atoms with Gasteiger partial charge >= 0.3 is 0 Å². The summed E-state index contributed by atoms with van der Waals surface area (Å²) in [6.45, 7) is 1.15. The van der Waals surface area contributed by atoms with E-state index in [1.807, 2.05) is 0 Å². The summed E-state index contributed by atoms with van der Waals surface area (Å²) in [4.78, 5) is 0. The highest BCUT2D eigenvalue weighted by Crippen LogP contribution is 2.06. The van der Waals surface area contributed by atoms with Gasteiger partial charge in [-0.3, -0.25) is 0 Å². The molecule has 1 rings (SSSR count). The third-order valence-corrected chi connectivity index (χ3v) is 1.33. The highest BCUT2D eigenvalue weighted by molar-refractivity contribution is 5.31. The Kier molecular flexibility index (Phi) is 2.02. The first-order valence-electron chi connectivity index (χ1n) is 3.05. The van der Waals surface area contributed by atoms with E-state index in [4.69, 9.17) is 5.73 Å². The lowest BCUT2D eigenvalue weighted by atomic mass is 10.5. The molecule has 6 heteroatoms. The van der Waals surface area contributed by atoms with Gasteiger partial charge in [0, 0.05) is 0 Å². The summed E-state index contributed by atoms with van der Waals surface area (Å²) in [6, 6.07) is 0. The molecule has 62 valence electrons. The van der Waals surface area contributed by atoms with Crippen molar-refractivity contribution in [1.82, 2.24) is 15.0 Å². The molecule has 0 aliphatic carbocycles. The van der Waals surface area contributed by atoms with Gasteiger partial charge in [0.1, 0.15) is 6.54 Å². The molecule has 0 aliphatic heterocycles. The molecule has 2 N–H and O–H groups in total. The van der Waals surface area contributed by atoms with Crippen molar-refractivity contribution in [1.29, 1.82) is 0 Å². The van der Waals surface area contributed by atoms with Gasteiger partial charge in [-0.15, -0.1) is 5.10 Å². The predicted molar refractivity (Wildman–Crippen MR) is 35.2 cm³/mol. The first kappa shape index (κ1) is 7.90. The van der Waals surface area contributed by atoms with Crippen LogP contribution in [0.25, 0.3) is 0 Å². The summed E-state index contributed by atoms with van der Waals surface area (Å²) in [5, 5.41) is 6.84. The van der Waals surface area contributed by atoms with E-state index in [9.17, 15) is 8.78 Å². The van der Waals surface area contributed by atoms with Crippen LogP contribution in [0.4, 0.5) is 14.6 Å². The normalized spacial score (nSPS) is 10.9. The Hall–Kier alpha value is -1.20. The van der Waals surface area contributed by atoms with Crippen molar-refractivity contribution in [2.24, 2.45) is 0 Å². The lowest BCUT2D eigenvalue weighted by molar-refractivity contribution is 0.120. The van der Waals surface area contributed by atoms with Gasteiger partial charge in [0.15, 0.2) is 5.82 Å². The number of aromatic nitrogens is 3. The highest BCUT2D eigenvalue weighted by Gasteiger charge is 2.09. The van der Waals surface area contributed by atoms with Gasteiger partial charge in [0.2, 0.25) is 0 Å². The smallest absolute Gasteiger partial charge is 0.257 e. The van der Waals surface area contributed by atoms with Crippen LogP contribution in [0.2, 0.25) is 0 Å². The lowest BCUT2D eigenvalue weighted by Gasteiger charge is -1.99. The minimum atomic E-state index is -2.42. The molecule has 0 saturated heterocycles. The molecular formula is C5H8F2N4. The largest absolute Gasteiger partial charge is 0.381 e. The summed E-state index contributed by atoms with van der Waals surface area (Å²) < 4.78 is 24.6. The second kappa shape index (κ2) is 2.81. The first-order valence-corrected chi connectivity index (χ1v) is 3.05. The lowest BCUT2D eigenvalue weighted by Crippen LogP contribution is -2.09. The summed E-state index contributed by atoms with van der Waals surface area (Å²) in [5.74, 6) is 0.200. The Labute approximate surface area is 62.0 Å². The maximum absolute atomic E-state index is 11.8. The van der Waals surface area contributed by atoms with Gasteiger partial charge in [-0.05, 0) is 6.92 Å². The Balaban J connectivity index is 2.79.